The van der Waals surface area contributed by atoms with Crippen molar-refractivity contribution in [2.24, 2.45) is 5.92 Å². The van der Waals surface area contributed by atoms with Crippen LogP contribution in [0.4, 0.5) is 18.9 Å². The van der Waals surface area contributed by atoms with E-state index in [1.54, 1.807) is 23.1 Å². The molecule has 1 saturated heterocycles. The van der Waals surface area contributed by atoms with E-state index in [4.69, 9.17) is 0 Å². The van der Waals surface area contributed by atoms with Crippen LogP contribution in [-0.4, -0.2) is 41.7 Å². The van der Waals surface area contributed by atoms with Gasteiger partial charge in [-0.3, -0.25) is 4.98 Å². The number of aromatic carboxylic acids is 1. The molecule has 22 heavy (non-hydrogen) atoms. The summed E-state index contributed by atoms with van der Waals surface area (Å²) in [6, 6.07) is 6.45. The number of benzene rings is 1. The predicted molar refractivity (Wildman–Crippen MR) is 75.3 cm³/mol. The number of carboxylic acid groups (broad SMARTS) is 1. The van der Waals surface area contributed by atoms with Gasteiger partial charge in [0.05, 0.1) is 11.1 Å². The Morgan fingerprint density at radius 3 is 2.64 bits per heavy atom. The van der Waals surface area contributed by atoms with Crippen LogP contribution in [0.2, 0.25) is 0 Å². The molecule has 0 radical (unpaired) electrons. The van der Waals surface area contributed by atoms with Gasteiger partial charge < -0.3 is 10.0 Å². The van der Waals surface area contributed by atoms with Gasteiger partial charge in [0.15, 0.2) is 6.17 Å². The summed E-state index contributed by atoms with van der Waals surface area (Å²) >= 11 is 0. The third-order valence-electron chi connectivity index (χ3n) is 3.92. The van der Waals surface area contributed by atoms with Gasteiger partial charge in [-0.15, -0.1) is 0 Å². The maximum Gasteiger partial charge on any atom is 0.336 e. The van der Waals surface area contributed by atoms with Gasteiger partial charge in [-0.1, -0.05) is 0 Å². The first-order chi connectivity index (χ1) is 10.5. The summed E-state index contributed by atoms with van der Waals surface area (Å²) in [5.41, 5.74) is 1.34. The van der Waals surface area contributed by atoms with Crippen LogP contribution >= 0.6 is 0 Å². The second-order valence-electron chi connectivity index (χ2n) is 5.31. The van der Waals surface area contributed by atoms with Crippen LogP contribution in [0.3, 0.4) is 0 Å². The van der Waals surface area contributed by atoms with Crippen molar-refractivity contribution in [3.8, 4) is 0 Å². The lowest BCUT2D eigenvalue weighted by Gasteiger charge is -2.42. The van der Waals surface area contributed by atoms with E-state index in [-0.39, 0.29) is 18.7 Å². The van der Waals surface area contributed by atoms with Crippen LogP contribution < -0.4 is 4.90 Å². The first-order valence-electron chi connectivity index (χ1n) is 6.76. The third kappa shape index (κ3) is 2.47. The summed E-state index contributed by atoms with van der Waals surface area (Å²) in [5.74, 6) is -1.75. The molecule has 2 aromatic rings. The van der Waals surface area contributed by atoms with E-state index in [9.17, 15) is 23.1 Å². The summed E-state index contributed by atoms with van der Waals surface area (Å²) in [6.07, 6.45) is -3.67. The quantitative estimate of drug-likeness (QED) is 0.943. The molecular weight excluding hydrogens is 297 g/mol. The van der Waals surface area contributed by atoms with Crippen molar-refractivity contribution < 1.29 is 23.1 Å². The molecular formula is C15H13F3N2O2. The molecule has 7 heteroatoms. The van der Waals surface area contributed by atoms with Crippen molar-refractivity contribution in [2.45, 2.75) is 12.6 Å². The zero-order valence-electron chi connectivity index (χ0n) is 11.4. The van der Waals surface area contributed by atoms with Crippen molar-refractivity contribution in [1.82, 2.24) is 4.98 Å². The Kier molecular flexibility index (Phi) is 3.64. The van der Waals surface area contributed by atoms with E-state index in [2.05, 4.69) is 4.98 Å². The van der Waals surface area contributed by atoms with Crippen LogP contribution in [0.1, 0.15) is 10.4 Å². The van der Waals surface area contributed by atoms with Crippen LogP contribution in [0, 0.1) is 5.92 Å². The fraction of sp³-hybridized carbons (Fsp3) is 0.333. The molecule has 1 atom stereocenters. The van der Waals surface area contributed by atoms with E-state index in [0.29, 0.717) is 16.6 Å². The highest BCUT2D eigenvalue weighted by Gasteiger charge is 2.38. The topological polar surface area (TPSA) is 53.4 Å². The summed E-state index contributed by atoms with van der Waals surface area (Å²) in [4.78, 5) is 17.1. The molecule has 0 saturated carbocycles. The van der Waals surface area contributed by atoms with Gasteiger partial charge in [-0.25, -0.2) is 18.0 Å². The average Bonchev–Trinajstić information content (AvgIpc) is 2.44. The molecule has 0 spiro atoms. The van der Waals surface area contributed by atoms with Crippen LogP contribution in [-0.2, 0) is 0 Å². The molecule has 4 nitrogen and oxygen atoms in total. The second-order valence-corrected chi connectivity index (χ2v) is 5.31. The zero-order valence-corrected chi connectivity index (χ0v) is 11.4. The van der Waals surface area contributed by atoms with Crippen molar-refractivity contribution in [3.05, 3.63) is 36.0 Å². The van der Waals surface area contributed by atoms with Gasteiger partial charge in [-0.2, -0.15) is 0 Å². The highest BCUT2D eigenvalue weighted by molar-refractivity contribution is 6.03. The minimum atomic E-state index is -2.97. The van der Waals surface area contributed by atoms with E-state index in [1.807, 2.05) is 0 Å². The number of carbonyl (C=O) groups is 1. The first kappa shape index (κ1) is 14.6. The second kappa shape index (κ2) is 5.47. The highest BCUT2D eigenvalue weighted by Crippen LogP contribution is 2.32. The van der Waals surface area contributed by atoms with E-state index < -0.39 is 24.5 Å². The third-order valence-corrected chi connectivity index (χ3v) is 3.92. The van der Waals surface area contributed by atoms with Crippen LogP contribution in [0.5, 0.6) is 0 Å². The Morgan fingerprint density at radius 1 is 1.27 bits per heavy atom. The maximum absolute atomic E-state index is 13.2. The summed E-state index contributed by atoms with van der Waals surface area (Å²) in [5, 5.41) is 9.66. The summed E-state index contributed by atoms with van der Waals surface area (Å²) in [6.45, 7) is 0.388. The van der Waals surface area contributed by atoms with Gasteiger partial charge in [0.1, 0.15) is 0 Å². The number of fused-ring (bicyclic) bond motifs is 1. The van der Waals surface area contributed by atoms with Gasteiger partial charge >= 0.3 is 5.97 Å². The van der Waals surface area contributed by atoms with Crippen molar-refractivity contribution in [3.63, 3.8) is 0 Å². The summed E-state index contributed by atoms with van der Waals surface area (Å²) < 4.78 is 37.8. The van der Waals surface area contributed by atoms with Gasteiger partial charge in [0.2, 0.25) is 0 Å². The van der Waals surface area contributed by atoms with Crippen molar-refractivity contribution in [2.75, 3.05) is 18.0 Å². The molecule has 1 aliphatic heterocycles. The van der Waals surface area contributed by atoms with E-state index in [0.717, 1.165) is 0 Å². The van der Waals surface area contributed by atoms with Crippen molar-refractivity contribution in [1.29, 1.82) is 0 Å². The fourth-order valence-electron chi connectivity index (χ4n) is 2.65. The number of carboxylic acids is 1. The first-order valence-corrected chi connectivity index (χ1v) is 6.76. The monoisotopic (exact) mass is 310 g/mol. The lowest BCUT2D eigenvalue weighted by molar-refractivity contribution is 0.00831. The van der Waals surface area contributed by atoms with Crippen molar-refractivity contribution >= 4 is 22.6 Å². The number of alkyl halides is 3. The van der Waals surface area contributed by atoms with E-state index in [1.165, 1.54) is 12.3 Å². The molecule has 1 aromatic carbocycles. The molecule has 0 bridgehead atoms. The van der Waals surface area contributed by atoms with E-state index >= 15 is 0 Å². The van der Waals surface area contributed by atoms with Crippen LogP contribution in [0.15, 0.2) is 30.5 Å². The molecule has 1 aromatic heterocycles. The minimum Gasteiger partial charge on any atom is -0.478 e. The van der Waals surface area contributed by atoms with Gasteiger partial charge in [0.25, 0.3) is 6.43 Å². The molecule has 1 fully saturated rings. The molecule has 116 valence electrons. The molecule has 1 N–H and O–H groups in total. The number of pyridine rings is 1. The SMILES string of the molecule is O=C(O)c1ccnc2ccc(N3CC(C(F)C(F)F)C3)cc12. The lowest BCUT2D eigenvalue weighted by atomic mass is 9.93. The van der Waals surface area contributed by atoms with Crippen LogP contribution in [0.25, 0.3) is 10.9 Å². The Hall–Kier alpha value is -2.31. The predicted octanol–water partition coefficient (Wildman–Crippen LogP) is 2.97. The Balaban J connectivity index is 1.85. The number of halogens is 3. The minimum absolute atomic E-state index is 0.125. The number of hydrogen-bond acceptors (Lipinski definition) is 3. The average molecular weight is 310 g/mol. The number of anilines is 1. The molecule has 0 amide bonds. The molecule has 1 unspecified atom stereocenters. The fourth-order valence-corrected chi connectivity index (χ4v) is 2.65. The van der Waals surface area contributed by atoms with Gasteiger partial charge in [-0.05, 0) is 24.3 Å². The molecule has 1 aliphatic rings. The molecule has 0 aliphatic carbocycles. The Bertz CT molecular complexity index is 717. The number of nitrogens with zero attached hydrogens (tertiary/aromatic N) is 2. The Labute approximate surface area is 124 Å². The normalized spacial score (nSPS) is 16.8. The maximum atomic E-state index is 13.2. The zero-order chi connectivity index (χ0) is 15.9. The summed E-state index contributed by atoms with van der Waals surface area (Å²) in [7, 11) is 0. The number of rotatable bonds is 4. The standard InChI is InChI=1S/C15H13F3N2O2/c16-13(14(17)18)8-6-20(7-8)9-1-2-12-11(5-9)10(15(21)22)3-4-19-12/h1-5,8,13-14H,6-7H2,(H,21,22). The highest BCUT2D eigenvalue weighted by atomic mass is 19.3. The lowest BCUT2D eigenvalue weighted by Crippen LogP contribution is -2.52. The Morgan fingerprint density at radius 2 is 2.00 bits per heavy atom. The number of hydrogen-bond donors (Lipinski definition) is 1. The molecule has 2 heterocycles. The van der Waals surface area contributed by atoms with Gasteiger partial charge in [0, 0.05) is 36.3 Å². The number of aromatic nitrogens is 1. The largest absolute Gasteiger partial charge is 0.478 e. The smallest absolute Gasteiger partial charge is 0.336 e. The molecule has 3 rings (SSSR count).